The molecule has 1 fully saturated rings. The average Bonchev–Trinajstić information content (AvgIpc) is 3.12. The summed E-state index contributed by atoms with van der Waals surface area (Å²) < 4.78 is 5.80. The Morgan fingerprint density at radius 3 is 2.69 bits per heavy atom. The molecule has 138 valence electrons. The van der Waals surface area contributed by atoms with Crippen molar-refractivity contribution >= 4 is 17.7 Å². The Morgan fingerprint density at radius 1 is 1.27 bits per heavy atom. The van der Waals surface area contributed by atoms with E-state index in [1.807, 2.05) is 42.1 Å². The van der Waals surface area contributed by atoms with Crippen molar-refractivity contribution in [3.63, 3.8) is 0 Å². The van der Waals surface area contributed by atoms with Crippen molar-refractivity contribution in [2.75, 3.05) is 44.0 Å². The van der Waals surface area contributed by atoms with Gasteiger partial charge in [0.2, 0.25) is 5.95 Å². The van der Waals surface area contributed by atoms with Crippen molar-refractivity contribution < 1.29 is 9.53 Å². The highest BCUT2D eigenvalue weighted by molar-refractivity contribution is 5.89. The van der Waals surface area contributed by atoms with E-state index in [0.717, 1.165) is 13.0 Å². The van der Waals surface area contributed by atoms with Crippen LogP contribution < -0.4 is 10.2 Å². The highest BCUT2D eigenvalue weighted by Gasteiger charge is 2.26. The first-order chi connectivity index (χ1) is 12.6. The van der Waals surface area contributed by atoms with Crippen LogP contribution in [0.25, 0.3) is 0 Å². The Bertz CT molecular complexity index is 706. The largest absolute Gasteiger partial charge is 0.376 e. The maximum atomic E-state index is 12.4. The zero-order chi connectivity index (χ0) is 18.4. The number of likely N-dealkylation sites (tertiary alicyclic amines) is 1. The summed E-state index contributed by atoms with van der Waals surface area (Å²) in [6.07, 6.45) is 4.20. The van der Waals surface area contributed by atoms with E-state index in [1.165, 1.54) is 5.56 Å². The molecule has 7 heteroatoms. The number of hydrogen-bond acceptors (Lipinski definition) is 5. The molecule has 1 aliphatic rings. The van der Waals surface area contributed by atoms with E-state index in [4.69, 9.17) is 4.74 Å². The van der Waals surface area contributed by atoms with Crippen LogP contribution in [-0.4, -0.2) is 54.7 Å². The zero-order valence-electron chi connectivity index (χ0n) is 15.3. The smallest absolute Gasteiger partial charge is 0.321 e. The standard InChI is InChI=1S/C19H25N5O2/c1-23(2)18-20-10-17(11-21-18)22-19(25)24-9-8-16(12-24)14-26-13-15-6-4-3-5-7-15/h3-7,10-11,16H,8-9,12-14H2,1-2H3,(H,22,25). The third kappa shape index (κ3) is 4.92. The predicted octanol–water partition coefficient (Wildman–Crippen LogP) is 2.61. The predicted molar refractivity (Wildman–Crippen MR) is 101 cm³/mol. The van der Waals surface area contributed by atoms with Crippen LogP contribution >= 0.6 is 0 Å². The summed E-state index contributed by atoms with van der Waals surface area (Å²) in [6, 6.07) is 10.0. The fourth-order valence-electron chi connectivity index (χ4n) is 2.89. The van der Waals surface area contributed by atoms with Gasteiger partial charge in [0.05, 0.1) is 31.3 Å². The molecule has 3 rings (SSSR count). The number of carbonyl (C=O) groups excluding carboxylic acids is 1. The van der Waals surface area contributed by atoms with Crippen LogP contribution in [0.2, 0.25) is 0 Å². The minimum absolute atomic E-state index is 0.114. The van der Waals surface area contributed by atoms with E-state index >= 15 is 0 Å². The molecule has 0 aliphatic carbocycles. The zero-order valence-corrected chi connectivity index (χ0v) is 15.3. The lowest BCUT2D eigenvalue weighted by Crippen LogP contribution is -2.33. The number of nitrogens with one attached hydrogen (secondary N) is 1. The molecule has 0 saturated carbocycles. The number of ether oxygens (including phenoxy) is 1. The van der Waals surface area contributed by atoms with Gasteiger partial charge in [0.1, 0.15) is 0 Å². The molecule has 26 heavy (non-hydrogen) atoms. The summed E-state index contributed by atoms with van der Waals surface area (Å²) in [6.45, 7) is 2.72. The quantitative estimate of drug-likeness (QED) is 0.862. The molecule has 7 nitrogen and oxygen atoms in total. The van der Waals surface area contributed by atoms with Gasteiger partial charge >= 0.3 is 6.03 Å². The van der Waals surface area contributed by atoms with Gasteiger partial charge in [-0.05, 0) is 12.0 Å². The van der Waals surface area contributed by atoms with Crippen molar-refractivity contribution in [3.05, 3.63) is 48.3 Å². The Hall–Kier alpha value is -2.67. The Kier molecular flexibility index (Phi) is 6.01. The van der Waals surface area contributed by atoms with Gasteiger partial charge in [-0.15, -0.1) is 0 Å². The molecule has 0 bridgehead atoms. The van der Waals surface area contributed by atoms with Crippen molar-refractivity contribution in [1.82, 2.24) is 14.9 Å². The summed E-state index contributed by atoms with van der Waals surface area (Å²) in [5.41, 5.74) is 1.77. The van der Waals surface area contributed by atoms with Crippen molar-refractivity contribution in [3.8, 4) is 0 Å². The van der Waals surface area contributed by atoms with Gasteiger partial charge < -0.3 is 19.9 Å². The Balaban J connectivity index is 1.42. The van der Waals surface area contributed by atoms with Gasteiger partial charge in [0.15, 0.2) is 0 Å². The molecule has 1 unspecified atom stereocenters. The first kappa shape index (κ1) is 18.1. The van der Waals surface area contributed by atoms with Gasteiger partial charge in [0.25, 0.3) is 0 Å². The molecule has 1 saturated heterocycles. The summed E-state index contributed by atoms with van der Waals surface area (Å²) in [4.78, 5) is 24.4. The maximum Gasteiger partial charge on any atom is 0.321 e. The number of nitrogens with zero attached hydrogens (tertiary/aromatic N) is 4. The minimum atomic E-state index is -0.114. The van der Waals surface area contributed by atoms with Gasteiger partial charge in [-0.25, -0.2) is 14.8 Å². The van der Waals surface area contributed by atoms with Crippen LogP contribution in [0.4, 0.5) is 16.4 Å². The van der Waals surface area contributed by atoms with Crippen LogP contribution in [0.5, 0.6) is 0 Å². The van der Waals surface area contributed by atoms with E-state index in [2.05, 4.69) is 27.4 Å². The highest BCUT2D eigenvalue weighted by atomic mass is 16.5. The minimum Gasteiger partial charge on any atom is -0.376 e. The number of aromatic nitrogens is 2. The molecule has 1 aromatic carbocycles. The first-order valence-electron chi connectivity index (χ1n) is 8.79. The molecule has 1 N–H and O–H groups in total. The normalized spacial score (nSPS) is 16.5. The third-order valence-electron chi connectivity index (χ3n) is 4.33. The second kappa shape index (κ2) is 8.62. The molecule has 0 spiro atoms. The Morgan fingerprint density at radius 2 is 2.00 bits per heavy atom. The molecule has 0 radical (unpaired) electrons. The number of rotatable bonds is 6. The van der Waals surface area contributed by atoms with E-state index < -0.39 is 0 Å². The van der Waals surface area contributed by atoms with Crippen molar-refractivity contribution in [1.29, 1.82) is 0 Å². The van der Waals surface area contributed by atoms with E-state index in [0.29, 0.717) is 37.3 Å². The van der Waals surface area contributed by atoms with E-state index in [-0.39, 0.29) is 6.03 Å². The Labute approximate surface area is 154 Å². The monoisotopic (exact) mass is 355 g/mol. The molecule has 2 aromatic rings. The van der Waals surface area contributed by atoms with Gasteiger partial charge in [-0.2, -0.15) is 0 Å². The van der Waals surface area contributed by atoms with Crippen molar-refractivity contribution in [2.45, 2.75) is 13.0 Å². The topological polar surface area (TPSA) is 70.6 Å². The van der Waals surface area contributed by atoms with Gasteiger partial charge in [0, 0.05) is 33.1 Å². The van der Waals surface area contributed by atoms with Crippen LogP contribution in [0.3, 0.4) is 0 Å². The maximum absolute atomic E-state index is 12.4. The third-order valence-corrected chi connectivity index (χ3v) is 4.33. The van der Waals surface area contributed by atoms with Crippen LogP contribution in [0.1, 0.15) is 12.0 Å². The summed E-state index contributed by atoms with van der Waals surface area (Å²) >= 11 is 0. The number of carbonyl (C=O) groups is 1. The molecule has 2 heterocycles. The highest BCUT2D eigenvalue weighted by Crippen LogP contribution is 2.18. The van der Waals surface area contributed by atoms with E-state index in [1.54, 1.807) is 12.4 Å². The SMILES string of the molecule is CN(C)c1ncc(NC(=O)N2CCC(COCc3ccccc3)C2)cn1. The first-order valence-corrected chi connectivity index (χ1v) is 8.79. The van der Waals surface area contributed by atoms with Crippen LogP contribution in [0.15, 0.2) is 42.7 Å². The van der Waals surface area contributed by atoms with E-state index in [9.17, 15) is 4.79 Å². The number of hydrogen-bond donors (Lipinski definition) is 1. The molecular weight excluding hydrogens is 330 g/mol. The molecule has 1 aliphatic heterocycles. The average molecular weight is 355 g/mol. The summed E-state index contributed by atoms with van der Waals surface area (Å²) in [5.74, 6) is 0.983. The lowest BCUT2D eigenvalue weighted by atomic mass is 10.1. The number of benzene rings is 1. The summed E-state index contributed by atoms with van der Waals surface area (Å²) in [5, 5.41) is 2.86. The van der Waals surface area contributed by atoms with Crippen molar-refractivity contribution in [2.24, 2.45) is 5.92 Å². The molecule has 2 amide bonds. The van der Waals surface area contributed by atoms with Gasteiger partial charge in [-0.1, -0.05) is 30.3 Å². The second-order valence-electron chi connectivity index (χ2n) is 6.70. The number of amides is 2. The fraction of sp³-hybridized carbons (Fsp3) is 0.421. The van der Waals surface area contributed by atoms with Crippen LogP contribution in [-0.2, 0) is 11.3 Å². The second-order valence-corrected chi connectivity index (χ2v) is 6.70. The number of urea groups is 1. The lowest BCUT2D eigenvalue weighted by molar-refractivity contribution is 0.0900. The lowest BCUT2D eigenvalue weighted by Gasteiger charge is -2.17. The van der Waals surface area contributed by atoms with Crippen LogP contribution in [0, 0.1) is 5.92 Å². The molecule has 1 atom stereocenters. The molecular formula is C19H25N5O2. The fourth-order valence-corrected chi connectivity index (χ4v) is 2.89. The molecule has 1 aromatic heterocycles. The summed E-state index contributed by atoms with van der Waals surface area (Å²) in [7, 11) is 3.75. The van der Waals surface area contributed by atoms with Gasteiger partial charge in [-0.3, -0.25) is 0 Å². The number of anilines is 2.